The molecule has 17 heavy (non-hydrogen) atoms. The van der Waals surface area contributed by atoms with Gasteiger partial charge in [0.1, 0.15) is 5.82 Å². The van der Waals surface area contributed by atoms with Gasteiger partial charge in [0.25, 0.3) is 0 Å². The molecule has 0 atom stereocenters. The number of nitro groups is 1. The zero-order valence-electron chi connectivity index (χ0n) is 9.61. The minimum absolute atomic E-state index is 0.0289. The third-order valence-electron chi connectivity index (χ3n) is 2.14. The van der Waals surface area contributed by atoms with Crippen LogP contribution in [-0.2, 0) is 0 Å². The molecule has 0 amide bonds. The van der Waals surface area contributed by atoms with Gasteiger partial charge in [-0.2, -0.15) is 0 Å². The van der Waals surface area contributed by atoms with Crippen LogP contribution in [0.15, 0.2) is 28.4 Å². The Kier molecular flexibility index (Phi) is 4.81. The second-order valence-corrected chi connectivity index (χ2v) is 5.07. The summed E-state index contributed by atoms with van der Waals surface area (Å²) in [5.41, 5.74) is 0.266. The molecule has 0 N–H and O–H groups in total. The molecular weight excluding hydrogens is 289 g/mol. The van der Waals surface area contributed by atoms with E-state index in [4.69, 9.17) is 0 Å². The van der Waals surface area contributed by atoms with E-state index in [1.807, 2.05) is 13.8 Å². The molecule has 1 rings (SSSR count). The van der Waals surface area contributed by atoms with Gasteiger partial charge in [-0.25, -0.2) is 4.39 Å². The highest BCUT2D eigenvalue weighted by atomic mass is 79.9. The SMILES string of the molecule is CC(C)C/C(=C\c1ccc(Br)cc1F)[N+](=O)[O-]. The Labute approximate surface area is 108 Å². The Bertz CT molecular complexity index is 458. The zero-order valence-corrected chi connectivity index (χ0v) is 11.2. The van der Waals surface area contributed by atoms with Crippen LogP contribution < -0.4 is 0 Å². The lowest BCUT2D eigenvalue weighted by Crippen LogP contribution is -2.02. The topological polar surface area (TPSA) is 43.1 Å². The molecule has 0 heterocycles. The van der Waals surface area contributed by atoms with Crippen LogP contribution in [0.5, 0.6) is 0 Å². The fraction of sp³-hybridized carbons (Fsp3) is 0.333. The molecule has 0 fully saturated rings. The molecule has 0 aromatic heterocycles. The van der Waals surface area contributed by atoms with Crippen LogP contribution in [0.4, 0.5) is 4.39 Å². The molecule has 92 valence electrons. The largest absolute Gasteiger partial charge is 0.259 e. The maximum Gasteiger partial charge on any atom is 0.247 e. The summed E-state index contributed by atoms with van der Waals surface area (Å²) in [7, 11) is 0. The maximum atomic E-state index is 13.5. The normalized spacial score (nSPS) is 11.9. The summed E-state index contributed by atoms with van der Waals surface area (Å²) in [6.45, 7) is 3.77. The molecule has 0 aliphatic carbocycles. The van der Waals surface area contributed by atoms with Gasteiger partial charge in [-0.3, -0.25) is 10.1 Å². The number of benzene rings is 1. The van der Waals surface area contributed by atoms with Gasteiger partial charge in [0.15, 0.2) is 0 Å². The minimum atomic E-state index is -0.470. The minimum Gasteiger partial charge on any atom is -0.259 e. The van der Waals surface area contributed by atoms with Crippen LogP contribution in [0.3, 0.4) is 0 Å². The number of allylic oxidation sites excluding steroid dienone is 1. The summed E-state index contributed by atoms with van der Waals surface area (Å²) in [6, 6.07) is 4.46. The van der Waals surface area contributed by atoms with Crippen LogP contribution in [-0.4, -0.2) is 4.92 Å². The first-order valence-electron chi connectivity index (χ1n) is 5.20. The Hall–Kier alpha value is -1.23. The van der Waals surface area contributed by atoms with Crippen molar-refractivity contribution in [3.05, 3.63) is 49.9 Å². The first-order chi connectivity index (χ1) is 7.90. The molecule has 5 heteroatoms. The number of hydrogen-bond donors (Lipinski definition) is 0. The molecule has 3 nitrogen and oxygen atoms in total. The van der Waals surface area contributed by atoms with Crippen molar-refractivity contribution in [3.8, 4) is 0 Å². The number of hydrogen-bond acceptors (Lipinski definition) is 2. The molecule has 0 unspecified atom stereocenters. The third kappa shape index (κ3) is 4.26. The second-order valence-electron chi connectivity index (χ2n) is 4.16. The van der Waals surface area contributed by atoms with Gasteiger partial charge >= 0.3 is 0 Å². The molecule has 1 aromatic carbocycles. The van der Waals surface area contributed by atoms with Crippen LogP contribution in [0.1, 0.15) is 25.8 Å². The average molecular weight is 302 g/mol. The fourth-order valence-electron chi connectivity index (χ4n) is 1.40. The molecule has 0 bridgehead atoms. The van der Waals surface area contributed by atoms with E-state index in [1.54, 1.807) is 6.07 Å². The highest BCUT2D eigenvalue weighted by Gasteiger charge is 2.14. The van der Waals surface area contributed by atoms with Gasteiger partial charge in [0.05, 0.1) is 4.92 Å². The summed E-state index contributed by atoms with van der Waals surface area (Å²) < 4.78 is 14.1. The van der Waals surface area contributed by atoms with Crippen molar-refractivity contribution in [2.45, 2.75) is 20.3 Å². The van der Waals surface area contributed by atoms with E-state index >= 15 is 0 Å². The summed E-state index contributed by atoms with van der Waals surface area (Å²) in [5.74, 6) is -0.312. The van der Waals surface area contributed by atoms with Crippen molar-refractivity contribution in [2.24, 2.45) is 5.92 Å². The van der Waals surface area contributed by atoms with E-state index in [0.29, 0.717) is 10.9 Å². The average Bonchev–Trinajstić information content (AvgIpc) is 2.19. The Morgan fingerprint density at radius 2 is 2.24 bits per heavy atom. The summed E-state index contributed by atoms with van der Waals surface area (Å²) in [4.78, 5) is 10.4. The molecular formula is C12H13BrFNO2. The van der Waals surface area contributed by atoms with E-state index in [2.05, 4.69) is 15.9 Å². The number of nitrogens with zero attached hydrogens (tertiary/aromatic N) is 1. The standard InChI is InChI=1S/C12H13BrFNO2/c1-8(2)5-11(15(16)17)6-9-3-4-10(13)7-12(9)14/h3-4,6-8H,5H2,1-2H3/b11-6+. The third-order valence-corrected chi connectivity index (χ3v) is 2.63. The van der Waals surface area contributed by atoms with Crippen molar-refractivity contribution >= 4 is 22.0 Å². The lowest BCUT2D eigenvalue weighted by molar-refractivity contribution is -0.427. The molecule has 0 aliphatic heterocycles. The van der Waals surface area contributed by atoms with Gasteiger partial charge in [0.2, 0.25) is 5.70 Å². The lowest BCUT2D eigenvalue weighted by atomic mass is 10.1. The summed E-state index contributed by atoms with van der Waals surface area (Å²) in [6.07, 6.45) is 1.62. The van der Waals surface area contributed by atoms with E-state index in [9.17, 15) is 14.5 Å². The Morgan fingerprint density at radius 3 is 2.71 bits per heavy atom. The Balaban J connectivity index is 3.08. The highest BCUT2D eigenvalue weighted by molar-refractivity contribution is 9.10. The predicted octanol–water partition coefficient (Wildman–Crippen LogP) is 4.25. The van der Waals surface area contributed by atoms with E-state index in [1.165, 1.54) is 18.2 Å². The predicted molar refractivity (Wildman–Crippen MR) is 68.5 cm³/mol. The number of halogens is 2. The van der Waals surface area contributed by atoms with Gasteiger partial charge < -0.3 is 0 Å². The zero-order chi connectivity index (χ0) is 13.0. The van der Waals surface area contributed by atoms with Crippen molar-refractivity contribution < 1.29 is 9.31 Å². The summed E-state index contributed by atoms with van der Waals surface area (Å²) in [5, 5.41) is 10.8. The smallest absolute Gasteiger partial charge is 0.247 e. The molecule has 0 saturated carbocycles. The lowest BCUT2D eigenvalue weighted by Gasteiger charge is -2.03. The molecule has 0 radical (unpaired) electrons. The van der Waals surface area contributed by atoms with Crippen LogP contribution in [0, 0.1) is 21.8 Å². The molecule has 0 spiro atoms. The van der Waals surface area contributed by atoms with E-state index < -0.39 is 10.7 Å². The summed E-state index contributed by atoms with van der Waals surface area (Å²) >= 11 is 3.14. The van der Waals surface area contributed by atoms with E-state index in [0.717, 1.165) is 0 Å². The van der Waals surface area contributed by atoms with Crippen LogP contribution in [0.25, 0.3) is 6.08 Å². The van der Waals surface area contributed by atoms with E-state index in [-0.39, 0.29) is 17.2 Å². The van der Waals surface area contributed by atoms with Gasteiger partial charge in [0, 0.05) is 22.5 Å². The van der Waals surface area contributed by atoms with Crippen LogP contribution in [0.2, 0.25) is 0 Å². The molecule has 0 aliphatic rings. The fourth-order valence-corrected chi connectivity index (χ4v) is 1.74. The van der Waals surface area contributed by atoms with Crippen LogP contribution >= 0.6 is 15.9 Å². The van der Waals surface area contributed by atoms with Gasteiger partial charge in [-0.05, 0) is 18.1 Å². The van der Waals surface area contributed by atoms with Crippen molar-refractivity contribution in [3.63, 3.8) is 0 Å². The first-order valence-corrected chi connectivity index (χ1v) is 5.99. The van der Waals surface area contributed by atoms with Gasteiger partial charge in [-0.1, -0.05) is 35.8 Å². The monoisotopic (exact) mass is 301 g/mol. The van der Waals surface area contributed by atoms with Crippen molar-refractivity contribution in [1.82, 2.24) is 0 Å². The second kappa shape index (κ2) is 5.91. The quantitative estimate of drug-likeness (QED) is 0.616. The number of rotatable bonds is 4. The van der Waals surface area contributed by atoms with Crippen molar-refractivity contribution in [1.29, 1.82) is 0 Å². The first kappa shape index (κ1) is 13.8. The van der Waals surface area contributed by atoms with Gasteiger partial charge in [-0.15, -0.1) is 0 Å². The van der Waals surface area contributed by atoms with Crippen molar-refractivity contribution in [2.75, 3.05) is 0 Å². The molecule has 0 saturated heterocycles. The molecule has 1 aromatic rings. The highest BCUT2D eigenvalue weighted by Crippen LogP contribution is 2.20. The Morgan fingerprint density at radius 1 is 1.59 bits per heavy atom. The maximum absolute atomic E-state index is 13.5.